The Hall–Kier alpha value is -1.09. The van der Waals surface area contributed by atoms with E-state index < -0.39 is 0 Å². The number of carbonyl (C=O) groups is 1. The Labute approximate surface area is 109 Å². The molecule has 0 bridgehead atoms. The van der Waals surface area contributed by atoms with Crippen molar-refractivity contribution >= 4 is 28.6 Å². The van der Waals surface area contributed by atoms with Gasteiger partial charge in [-0.05, 0) is 46.2 Å². The molecule has 0 radical (unpaired) electrons. The van der Waals surface area contributed by atoms with Gasteiger partial charge >= 0.3 is 5.97 Å². The van der Waals surface area contributed by atoms with Crippen LogP contribution >= 0.6 is 22.6 Å². The second kappa shape index (κ2) is 5.85. The maximum Gasteiger partial charge on any atom is 0.309 e. The van der Waals surface area contributed by atoms with E-state index in [0.29, 0.717) is 5.56 Å². The maximum atomic E-state index is 11.2. The summed E-state index contributed by atoms with van der Waals surface area (Å²) in [5.41, 5.74) is 2.58. The van der Waals surface area contributed by atoms with Crippen LogP contribution in [0.4, 0.5) is 0 Å². The predicted octanol–water partition coefficient (Wildman–Crippen LogP) is 2.44. The lowest BCUT2D eigenvalue weighted by Crippen LogP contribution is -2.06. The molecule has 4 heteroatoms. The molecule has 3 nitrogen and oxygen atoms in total. The molecule has 0 saturated carbocycles. The van der Waals surface area contributed by atoms with Gasteiger partial charge in [-0.2, -0.15) is 5.26 Å². The minimum absolute atomic E-state index is 0.255. The molecule has 0 heterocycles. The molecule has 0 aromatic heterocycles. The van der Waals surface area contributed by atoms with E-state index in [0.717, 1.165) is 21.1 Å². The highest BCUT2D eigenvalue weighted by Crippen LogP contribution is 2.20. The van der Waals surface area contributed by atoms with Crippen LogP contribution in [0.3, 0.4) is 0 Å². The first-order valence-electron chi connectivity index (χ1n) is 4.90. The average Bonchev–Trinajstić information content (AvgIpc) is 2.28. The number of rotatable bonds is 3. The van der Waals surface area contributed by atoms with Crippen LogP contribution in [0.2, 0.25) is 0 Å². The molecular formula is C12H12INO2. The van der Waals surface area contributed by atoms with Crippen LogP contribution in [-0.2, 0) is 22.4 Å². The summed E-state index contributed by atoms with van der Waals surface area (Å²) in [7, 11) is 1.37. The molecule has 0 fully saturated rings. The maximum absolute atomic E-state index is 11.2. The number of hydrogen-bond acceptors (Lipinski definition) is 3. The second-order valence-electron chi connectivity index (χ2n) is 3.33. The Morgan fingerprint density at radius 3 is 2.75 bits per heavy atom. The third-order valence-corrected chi connectivity index (χ3v) is 3.15. The van der Waals surface area contributed by atoms with Gasteiger partial charge in [0.05, 0.1) is 19.1 Å². The van der Waals surface area contributed by atoms with E-state index >= 15 is 0 Å². The zero-order valence-corrected chi connectivity index (χ0v) is 11.4. The van der Waals surface area contributed by atoms with Gasteiger partial charge in [0.25, 0.3) is 0 Å². The van der Waals surface area contributed by atoms with E-state index in [2.05, 4.69) is 33.4 Å². The van der Waals surface area contributed by atoms with Gasteiger partial charge in [-0.3, -0.25) is 4.79 Å². The van der Waals surface area contributed by atoms with Gasteiger partial charge in [-0.15, -0.1) is 0 Å². The van der Waals surface area contributed by atoms with Crippen LogP contribution in [0.15, 0.2) is 12.1 Å². The monoisotopic (exact) mass is 329 g/mol. The quantitative estimate of drug-likeness (QED) is 0.632. The first-order valence-corrected chi connectivity index (χ1v) is 5.98. The van der Waals surface area contributed by atoms with Crippen molar-refractivity contribution in [2.75, 3.05) is 7.11 Å². The number of hydrogen-bond donors (Lipinski definition) is 0. The SMILES string of the molecule is CCc1cc(CC(=O)OC)cc(I)c1C#N. The molecule has 0 spiro atoms. The molecule has 0 aliphatic heterocycles. The van der Waals surface area contributed by atoms with E-state index in [4.69, 9.17) is 5.26 Å². The zero-order chi connectivity index (χ0) is 12.1. The highest BCUT2D eigenvalue weighted by Gasteiger charge is 2.10. The third kappa shape index (κ3) is 2.95. The Bertz CT molecular complexity index is 449. The van der Waals surface area contributed by atoms with E-state index in [1.807, 2.05) is 19.1 Å². The minimum Gasteiger partial charge on any atom is -0.469 e. The molecule has 1 aromatic carbocycles. The molecular weight excluding hydrogens is 317 g/mol. The minimum atomic E-state index is -0.262. The fourth-order valence-electron chi connectivity index (χ4n) is 1.47. The lowest BCUT2D eigenvalue weighted by molar-refractivity contribution is -0.139. The van der Waals surface area contributed by atoms with Gasteiger partial charge in [0.2, 0.25) is 0 Å². The van der Waals surface area contributed by atoms with Crippen molar-refractivity contribution < 1.29 is 9.53 Å². The number of aryl methyl sites for hydroxylation is 1. The van der Waals surface area contributed by atoms with E-state index in [9.17, 15) is 4.79 Å². The lowest BCUT2D eigenvalue weighted by Gasteiger charge is -2.07. The number of nitriles is 1. The first-order chi connectivity index (χ1) is 7.62. The summed E-state index contributed by atoms with van der Waals surface area (Å²) >= 11 is 2.12. The van der Waals surface area contributed by atoms with Gasteiger partial charge in [-0.25, -0.2) is 0 Å². The summed E-state index contributed by atoms with van der Waals surface area (Å²) in [5, 5.41) is 9.00. The fourth-order valence-corrected chi connectivity index (χ4v) is 2.34. The van der Waals surface area contributed by atoms with Crippen molar-refractivity contribution in [3.8, 4) is 6.07 Å². The third-order valence-electron chi connectivity index (χ3n) is 2.30. The van der Waals surface area contributed by atoms with Gasteiger partial charge in [0.1, 0.15) is 6.07 Å². The number of ether oxygens (including phenoxy) is 1. The molecule has 0 amide bonds. The van der Waals surface area contributed by atoms with Crippen LogP contribution in [0.1, 0.15) is 23.6 Å². The average molecular weight is 329 g/mol. The summed E-state index contributed by atoms with van der Waals surface area (Å²) in [6.07, 6.45) is 1.04. The molecule has 1 aromatic rings. The van der Waals surface area contributed by atoms with Crippen molar-refractivity contribution in [3.63, 3.8) is 0 Å². The van der Waals surface area contributed by atoms with Gasteiger partial charge in [0, 0.05) is 3.57 Å². The number of halogens is 1. The summed E-state index contributed by atoms with van der Waals surface area (Å²) in [4.78, 5) is 11.2. The van der Waals surface area contributed by atoms with Crippen molar-refractivity contribution in [2.45, 2.75) is 19.8 Å². The van der Waals surface area contributed by atoms with Gasteiger partial charge in [0.15, 0.2) is 0 Å². The van der Waals surface area contributed by atoms with Crippen molar-refractivity contribution in [1.29, 1.82) is 5.26 Å². The highest BCUT2D eigenvalue weighted by molar-refractivity contribution is 14.1. The van der Waals surface area contributed by atoms with Gasteiger partial charge < -0.3 is 4.74 Å². The van der Waals surface area contributed by atoms with Crippen LogP contribution in [0, 0.1) is 14.9 Å². The topological polar surface area (TPSA) is 50.1 Å². The number of carbonyl (C=O) groups excluding carboxylic acids is 1. The Morgan fingerprint density at radius 2 is 2.25 bits per heavy atom. The number of nitrogens with zero attached hydrogens (tertiary/aromatic N) is 1. The predicted molar refractivity (Wildman–Crippen MR) is 69.0 cm³/mol. The molecule has 0 aliphatic rings. The molecule has 1 rings (SSSR count). The van der Waals surface area contributed by atoms with Crippen molar-refractivity contribution in [2.24, 2.45) is 0 Å². The summed E-state index contributed by atoms with van der Waals surface area (Å²) in [6, 6.07) is 5.94. The summed E-state index contributed by atoms with van der Waals surface area (Å²) in [6.45, 7) is 1.99. The smallest absolute Gasteiger partial charge is 0.309 e. The van der Waals surface area contributed by atoms with E-state index in [1.165, 1.54) is 7.11 Å². The van der Waals surface area contributed by atoms with Crippen molar-refractivity contribution in [3.05, 3.63) is 32.4 Å². The molecule has 84 valence electrons. The van der Waals surface area contributed by atoms with Crippen LogP contribution < -0.4 is 0 Å². The zero-order valence-electron chi connectivity index (χ0n) is 9.21. The highest BCUT2D eigenvalue weighted by atomic mass is 127. The second-order valence-corrected chi connectivity index (χ2v) is 4.49. The first kappa shape index (κ1) is 13.0. The fraction of sp³-hybridized carbons (Fsp3) is 0.333. The van der Waals surface area contributed by atoms with Crippen LogP contribution in [0.5, 0.6) is 0 Å². The van der Waals surface area contributed by atoms with E-state index in [-0.39, 0.29) is 12.4 Å². The number of benzene rings is 1. The summed E-state index contributed by atoms with van der Waals surface area (Å²) < 4.78 is 5.51. The number of esters is 1. The van der Waals surface area contributed by atoms with E-state index in [1.54, 1.807) is 0 Å². The largest absolute Gasteiger partial charge is 0.469 e. The molecule has 0 saturated heterocycles. The Kier molecular flexibility index (Phi) is 4.74. The molecule has 0 N–H and O–H groups in total. The van der Waals surface area contributed by atoms with Crippen molar-refractivity contribution in [1.82, 2.24) is 0 Å². The molecule has 0 aliphatic carbocycles. The number of methoxy groups -OCH3 is 1. The Balaban J connectivity index is 3.11. The lowest BCUT2D eigenvalue weighted by atomic mass is 10.0. The van der Waals surface area contributed by atoms with Crippen LogP contribution in [0.25, 0.3) is 0 Å². The molecule has 0 atom stereocenters. The molecule has 0 unspecified atom stereocenters. The standard InChI is InChI=1S/C12H12INO2/c1-3-9-4-8(6-12(15)16-2)5-11(13)10(9)7-14/h4-5H,3,6H2,1-2H3. The normalized spacial score (nSPS) is 9.62. The van der Waals surface area contributed by atoms with Gasteiger partial charge in [-0.1, -0.05) is 13.0 Å². The summed E-state index contributed by atoms with van der Waals surface area (Å²) in [5.74, 6) is -0.262. The Morgan fingerprint density at radius 1 is 1.56 bits per heavy atom. The molecule has 16 heavy (non-hydrogen) atoms. The van der Waals surface area contributed by atoms with Crippen LogP contribution in [-0.4, -0.2) is 13.1 Å².